The largest absolute Gasteiger partial charge is 0.469 e. The van der Waals surface area contributed by atoms with E-state index in [2.05, 4.69) is 9.97 Å². The number of carbonyl (C=O) groups excluding carboxylic acids is 1. The van der Waals surface area contributed by atoms with E-state index in [9.17, 15) is 4.79 Å². The third-order valence-electron chi connectivity index (χ3n) is 2.61. The lowest BCUT2D eigenvalue weighted by Crippen LogP contribution is -2.06. The second-order valence-corrected chi connectivity index (χ2v) is 4.85. The number of aromatic nitrogens is 2. The van der Waals surface area contributed by atoms with Gasteiger partial charge in [0.25, 0.3) is 0 Å². The smallest absolute Gasteiger partial charge is 0.309 e. The Hall–Kier alpha value is -1.88. The number of rotatable bonds is 5. The molecule has 2 rings (SSSR count). The average molecular weight is 274 g/mol. The van der Waals surface area contributed by atoms with Crippen LogP contribution in [-0.2, 0) is 21.7 Å². The maximum atomic E-state index is 11.4. The van der Waals surface area contributed by atoms with Crippen LogP contribution in [0.4, 0.5) is 0 Å². The Morgan fingerprint density at radius 2 is 2.05 bits per heavy atom. The molecule has 0 amide bonds. The Balaban J connectivity index is 2.05. The molecular formula is C14H14N2O2S. The van der Waals surface area contributed by atoms with E-state index in [0.29, 0.717) is 6.42 Å². The number of hydrogen-bond acceptors (Lipinski definition) is 5. The molecule has 0 saturated heterocycles. The highest BCUT2D eigenvalue weighted by molar-refractivity contribution is 7.98. The Morgan fingerprint density at radius 3 is 2.74 bits per heavy atom. The van der Waals surface area contributed by atoms with Gasteiger partial charge in [-0.15, -0.1) is 11.8 Å². The summed E-state index contributed by atoms with van der Waals surface area (Å²) in [5.74, 6) is 0.545. The second-order valence-electron chi connectivity index (χ2n) is 3.86. The van der Waals surface area contributed by atoms with E-state index in [0.717, 1.165) is 21.9 Å². The van der Waals surface area contributed by atoms with Crippen LogP contribution in [0.5, 0.6) is 0 Å². The van der Waals surface area contributed by atoms with Crippen molar-refractivity contribution in [3.8, 4) is 0 Å². The lowest BCUT2D eigenvalue weighted by atomic mass is 10.1. The fourth-order valence-corrected chi connectivity index (χ4v) is 2.48. The molecule has 0 radical (unpaired) electrons. The maximum Gasteiger partial charge on any atom is 0.309 e. The lowest BCUT2D eigenvalue weighted by molar-refractivity contribution is -0.139. The summed E-state index contributed by atoms with van der Waals surface area (Å²) in [6, 6.07) is 9.74. The summed E-state index contributed by atoms with van der Waals surface area (Å²) in [6.07, 6.45) is 3.55. The fraction of sp³-hybridized carbons (Fsp3) is 0.214. The predicted octanol–water partition coefficient (Wildman–Crippen LogP) is 2.48. The van der Waals surface area contributed by atoms with Crippen molar-refractivity contribution in [2.45, 2.75) is 17.2 Å². The Bertz CT molecular complexity index is 546. The zero-order valence-electron chi connectivity index (χ0n) is 10.6. The molecule has 0 saturated carbocycles. The normalized spacial score (nSPS) is 10.2. The maximum absolute atomic E-state index is 11.4. The van der Waals surface area contributed by atoms with Crippen molar-refractivity contribution in [1.82, 2.24) is 9.97 Å². The van der Waals surface area contributed by atoms with Crippen LogP contribution in [0.1, 0.15) is 11.1 Å². The minimum atomic E-state index is -0.223. The molecule has 0 aliphatic rings. The summed E-state index contributed by atoms with van der Waals surface area (Å²) >= 11 is 1.62. The minimum absolute atomic E-state index is 0.223. The van der Waals surface area contributed by atoms with Gasteiger partial charge in [-0.25, -0.2) is 9.97 Å². The number of ether oxygens (including phenoxy) is 1. The first kappa shape index (κ1) is 13.5. The molecule has 19 heavy (non-hydrogen) atoms. The van der Waals surface area contributed by atoms with Crippen LogP contribution >= 0.6 is 11.8 Å². The highest BCUT2D eigenvalue weighted by atomic mass is 32.2. The van der Waals surface area contributed by atoms with Crippen LogP contribution in [0.3, 0.4) is 0 Å². The van der Waals surface area contributed by atoms with E-state index >= 15 is 0 Å². The van der Waals surface area contributed by atoms with Gasteiger partial charge in [0.15, 0.2) is 0 Å². The van der Waals surface area contributed by atoms with Crippen LogP contribution in [0.2, 0.25) is 0 Å². The third kappa shape index (κ3) is 4.06. The summed E-state index contributed by atoms with van der Waals surface area (Å²) in [5, 5.41) is 0.919. The molecule has 0 spiro atoms. The van der Waals surface area contributed by atoms with Gasteiger partial charge in [-0.1, -0.05) is 24.3 Å². The van der Waals surface area contributed by atoms with Crippen molar-refractivity contribution < 1.29 is 9.53 Å². The fourth-order valence-electron chi connectivity index (χ4n) is 1.61. The zero-order chi connectivity index (χ0) is 13.5. The predicted molar refractivity (Wildman–Crippen MR) is 73.8 cm³/mol. The van der Waals surface area contributed by atoms with E-state index in [4.69, 9.17) is 4.74 Å². The van der Waals surface area contributed by atoms with Gasteiger partial charge in [-0.2, -0.15) is 0 Å². The van der Waals surface area contributed by atoms with Crippen molar-refractivity contribution >= 4 is 17.7 Å². The molecule has 0 aliphatic carbocycles. The molecule has 98 valence electrons. The van der Waals surface area contributed by atoms with E-state index in [-0.39, 0.29) is 5.97 Å². The van der Waals surface area contributed by atoms with Gasteiger partial charge < -0.3 is 4.74 Å². The van der Waals surface area contributed by atoms with Gasteiger partial charge in [0, 0.05) is 11.9 Å². The van der Waals surface area contributed by atoms with Crippen molar-refractivity contribution in [2.75, 3.05) is 7.11 Å². The quantitative estimate of drug-likeness (QED) is 0.476. The van der Waals surface area contributed by atoms with Crippen molar-refractivity contribution in [1.29, 1.82) is 0 Å². The van der Waals surface area contributed by atoms with E-state index < -0.39 is 0 Å². The van der Waals surface area contributed by atoms with Crippen LogP contribution in [0.15, 0.2) is 47.9 Å². The molecule has 1 aromatic carbocycles. The topological polar surface area (TPSA) is 52.1 Å². The first-order valence-electron chi connectivity index (χ1n) is 5.82. The number of hydrogen-bond donors (Lipinski definition) is 0. The van der Waals surface area contributed by atoms with E-state index in [1.54, 1.807) is 18.0 Å². The second kappa shape index (κ2) is 6.89. The number of carbonyl (C=O) groups is 1. The molecule has 0 aliphatic heterocycles. The van der Waals surface area contributed by atoms with Gasteiger partial charge in [0.2, 0.25) is 0 Å². The van der Waals surface area contributed by atoms with Gasteiger partial charge in [-0.05, 0) is 17.2 Å². The first-order valence-corrected chi connectivity index (χ1v) is 6.80. The Kier molecular flexibility index (Phi) is 4.92. The van der Waals surface area contributed by atoms with Crippen molar-refractivity contribution in [3.05, 3.63) is 54.0 Å². The van der Waals surface area contributed by atoms with Gasteiger partial charge in [0.05, 0.1) is 18.6 Å². The SMILES string of the molecule is COC(=O)Cc1ccccc1CSc1ccncn1. The molecule has 4 nitrogen and oxygen atoms in total. The Labute approximate surface area is 116 Å². The summed E-state index contributed by atoms with van der Waals surface area (Å²) in [6.45, 7) is 0. The van der Waals surface area contributed by atoms with Crippen LogP contribution < -0.4 is 0 Å². The summed E-state index contributed by atoms with van der Waals surface area (Å²) < 4.78 is 4.71. The molecule has 5 heteroatoms. The van der Waals surface area contributed by atoms with Crippen LogP contribution in [0.25, 0.3) is 0 Å². The van der Waals surface area contributed by atoms with Crippen LogP contribution in [0, 0.1) is 0 Å². The molecule has 0 bridgehead atoms. The summed E-state index contributed by atoms with van der Waals surface area (Å²) in [4.78, 5) is 19.4. The number of methoxy groups -OCH3 is 1. The van der Waals surface area contributed by atoms with Crippen molar-refractivity contribution in [3.63, 3.8) is 0 Å². The third-order valence-corrected chi connectivity index (χ3v) is 3.60. The average Bonchev–Trinajstić information content (AvgIpc) is 2.47. The molecule has 2 aromatic rings. The van der Waals surface area contributed by atoms with E-state index in [1.807, 2.05) is 30.3 Å². The number of nitrogens with zero attached hydrogens (tertiary/aromatic N) is 2. The molecule has 0 atom stereocenters. The summed E-state index contributed by atoms with van der Waals surface area (Å²) in [7, 11) is 1.40. The molecule has 1 heterocycles. The van der Waals surface area contributed by atoms with Gasteiger partial charge in [0.1, 0.15) is 6.33 Å². The molecule has 1 aromatic heterocycles. The number of benzene rings is 1. The molecule has 0 N–H and O–H groups in total. The molecule has 0 unspecified atom stereocenters. The summed E-state index contributed by atoms with van der Waals surface area (Å²) in [5.41, 5.74) is 2.12. The monoisotopic (exact) mass is 274 g/mol. The molecule has 0 fully saturated rings. The first-order chi connectivity index (χ1) is 9.29. The highest BCUT2D eigenvalue weighted by Gasteiger charge is 2.08. The minimum Gasteiger partial charge on any atom is -0.469 e. The van der Waals surface area contributed by atoms with Gasteiger partial charge >= 0.3 is 5.97 Å². The van der Waals surface area contributed by atoms with Crippen molar-refractivity contribution in [2.24, 2.45) is 0 Å². The zero-order valence-corrected chi connectivity index (χ0v) is 11.4. The standard InChI is InChI=1S/C14H14N2O2S/c1-18-14(17)8-11-4-2-3-5-12(11)9-19-13-6-7-15-10-16-13/h2-7,10H,8-9H2,1H3. The highest BCUT2D eigenvalue weighted by Crippen LogP contribution is 2.22. The lowest BCUT2D eigenvalue weighted by Gasteiger charge is -2.07. The number of esters is 1. The van der Waals surface area contributed by atoms with E-state index in [1.165, 1.54) is 13.4 Å². The molecular weight excluding hydrogens is 260 g/mol. The number of thioether (sulfide) groups is 1. The van der Waals surface area contributed by atoms with Crippen LogP contribution in [-0.4, -0.2) is 23.0 Å². The Morgan fingerprint density at radius 1 is 1.26 bits per heavy atom. The van der Waals surface area contributed by atoms with Gasteiger partial charge in [-0.3, -0.25) is 4.79 Å².